The average Bonchev–Trinajstić information content (AvgIpc) is 2.58. The van der Waals surface area contributed by atoms with Gasteiger partial charge in [-0.05, 0) is 32.9 Å². The van der Waals surface area contributed by atoms with Crippen molar-refractivity contribution >= 4 is 17.7 Å². The van der Waals surface area contributed by atoms with Gasteiger partial charge in [-0.3, -0.25) is 10.1 Å². The third-order valence-corrected chi connectivity index (χ3v) is 4.62. The number of benzene rings is 1. The number of carboxylic acid groups (broad SMARTS) is 1. The zero-order chi connectivity index (χ0) is 13.5. The molecule has 2 rings (SSSR count). The number of carbonyl (C=O) groups is 1. The Labute approximate surface area is 110 Å². The first kappa shape index (κ1) is 13.2. The minimum atomic E-state index is -0.859. The lowest BCUT2D eigenvalue weighted by atomic mass is 10.0. The van der Waals surface area contributed by atoms with Gasteiger partial charge in [-0.2, -0.15) is 0 Å². The average molecular weight is 267 g/mol. The minimum Gasteiger partial charge on any atom is -0.508 e. The Morgan fingerprint density at radius 2 is 2.11 bits per heavy atom. The number of nitrogens with one attached hydrogen (secondary N) is 1. The van der Waals surface area contributed by atoms with Crippen LogP contribution in [0.15, 0.2) is 18.2 Å². The molecule has 98 valence electrons. The maximum absolute atomic E-state index is 11.2. The molecule has 2 unspecified atom stereocenters. The minimum absolute atomic E-state index is 0.194. The van der Waals surface area contributed by atoms with Crippen LogP contribution in [0.2, 0.25) is 0 Å². The van der Waals surface area contributed by atoms with Crippen LogP contribution in [0.3, 0.4) is 0 Å². The normalized spacial score (nSPS) is 26.2. The Hall–Kier alpha value is -1.20. The van der Waals surface area contributed by atoms with E-state index in [0.717, 1.165) is 11.1 Å². The van der Waals surface area contributed by atoms with Crippen molar-refractivity contribution in [1.29, 1.82) is 0 Å². The molecule has 0 aliphatic carbocycles. The zero-order valence-corrected chi connectivity index (χ0v) is 11.4. The highest BCUT2D eigenvalue weighted by Gasteiger charge is 2.46. The molecule has 0 bridgehead atoms. The molecule has 18 heavy (non-hydrogen) atoms. The van der Waals surface area contributed by atoms with E-state index >= 15 is 0 Å². The molecule has 1 heterocycles. The number of aryl methyl sites for hydroxylation is 1. The standard InChI is InChI=1S/C13H17NO3S/c1-7-4-5-9(15)8(6-7)11-14-10(12(16)17)13(2,3)18-11/h4-6,10-11,14-15H,1-3H3,(H,16,17). The molecule has 1 fully saturated rings. The second-order valence-corrected chi connectivity index (χ2v) is 6.86. The highest BCUT2D eigenvalue weighted by molar-refractivity contribution is 8.01. The number of thioether (sulfide) groups is 1. The van der Waals surface area contributed by atoms with Gasteiger partial charge in [0.05, 0.1) is 5.37 Å². The molecule has 0 aromatic heterocycles. The van der Waals surface area contributed by atoms with E-state index in [1.54, 1.807) is 6.07 Å². The van der Waals surface area contributed by atoms with Gasteiger partial charge in [0.1, 0.15) is 11.8 Å². The molecule has 2 atom stereocenters. The number of rotatable bonds is 2. The number of hydrogen-bond donors (Lipinski definition) is 3. The monoisotopic (exact) mass is 267 g/mol. The van der Waals surface area contributed by atoms with Crippen LogP contribution in [0.5, 0.6) is 5.75 Å². The van der Waals surface area contributed by atoms with Crippen LogP contribution >= 0.6 is 11.8 Å². The molecule has 1 aliphatic rings. The first-order valence-electron chi connectivity index (χ1n) is 5.77. The summed E-state index contributed by atoms with van der Waals surface area (Å²) in [6.45, 7) is 5.75. The Morgan fingerprint density at radius 1 is 1.44 bits per heavy atom. The maximum Gasteiger partial charge on any atom is 0.322 e. The summed E-state index contributed by atoms with van der Waals surface area (Å²) >= 11 is 1.53. The first-order chi connectivity index (χ1) is 8.31. The predicted molar refractivity (Wildman–Crippen MR) is 71.8 cm³/mol. The second-order valence-electron chi connectivity index (χ2n) is 5.10. The van der Waals surface area contributed by atoms with Gasteiger partial charge in [0, 0.05) is 10.3 Å². The topological polar surface area (TPSA) is 69.6 Å². The van der Waals surface area contributed by atoms with Gasteiger partial charge >= 0.3 is 5.97 Å². The van der Waals surface area contributed by atoms with Crippen molar-refractivity contribution in [3.63, 3.8) is 0 Å². The Kier molecular flexibility index (Phi) is 3.29. The van der Waals surface area contributed by atoms with E-state index in [1.165, 1.54) is 11.8 Å². The number of carboxylic acids is 1. The van der Waals surface area contributed by atoms with Crippen molar-refractivity contribution in [2.45, 2.75) is 36.9 Å². The molecule has 0 amide bonds. The van der Waals surface area contributed by atoms with Crippen molar-refractivity contribution in [1.82, 2.24) is 5.32 Å². The van der Waals surface area contributed by atoms with E-state index in [-0.39, 0.29) is 11.1 Å². The van der Waals surface area contributed by atoms with Gasteiger partial charge in [-0.1, -0.05) is 11.6 Å². The lowest BCUT2D eigenvalue weighted by Crippen LogP contribution is -2.43. The fourth-order valence-corrected chi connectivity index (χ4v) is 3.60. The van der Waals surface area contributed by atoms with Gasteiger partial charge in [-0.15, -0.1) is 11.8 Å². The van der Waals surface area contributed by atoms with E-state index in [4.69, 9.17) is 0 Å². The molecule has 4 nitrogen and oxygen atoms in total. The van der Waals surface area contributed by atoms with Crippen molar-refractivity contribution in [2.75, 3.05) is 0 Å². The third kappa shape index (κ3) is 2.33. The van der Waals surface area contributed by atoms with E-state index in [9.17, 15) is 15.0 Å². The smallest absolute Gasteiger partial charge is 0.322 e. The highest BCUT2D eigenvalue weighted by Crippen LogP contribution is 2.47. The molecule has 5 heteroatoms. The molecule has 0 spiro atoms. The fraction of sp³-hybridized carbons (Fsp3) is 0.462. The van der Waals surface area contributed by atoms with E-state index in [2.05, 4.69) is 5.32 Å². The summed E-state index contributed by atoms with van der Waals surface area (Å²) < 4.78 is -0.410. The van der Waals surface area contributed by atoms with E-state index < -0.39 is 16.8 Å². The number of hydrogen-bond acceptors (Lipinski definition) is 4. The first-order valence-corrected chi connectivity index (χ1v) is 6.65. The van der Waals surface area contributed by atoms with Crippen LogP contribution in [-0.2, 0) is 4.79 Å². The fourth-order valence-electron chi connectivity index (χ4n) is 2.16. The second kappa shape index (κ2) is 4.48. The lowest BCUT2D eigenvalue weighted by molar-refractivity contribution is -0.139. The van der Waals surface area contributed by atoms with Crippen LogP contribution in [0.25, 0.3) is 0 Å². The number of aromatic hydroxyl groups is 1. The number of phenols is 1. The van der Waals surface area contributed by atoms with Gasteiger partial charge in [0.2, 0.25) is 0 Å². The molecular formula is C13H17NO3S. The molecule has 3 N–H and O–H groups in total. The van der Waals surface area contributed by atoms with Crippen molar-refractivity contribution < 1.29 is 15.0 Å². The van der Waals surface area contributed by atoms with Gasteiger partial charge in [-0.25, -0.2) is 0 Å². The van der Waals surface area contributed by atoms with Crippen LogP contribution in [-0.4, -0.2) is 27.0 Å². The van der Waals surface area contributed by atoms with Gasteiger partial charge < -0.3 is 10.2 Å². The Morgan fingerprint density at radius 3 is 2.67 bits per heavy atom. The third-order valence-electron chi connectivity index (χ3n) is 3.15. The SMILES string of the molecule is Cc1ccc(O)c(C2NC(C(=O)O)C(C)(C)S2)c1. The molecule has 1 aliphatic heterocycles. The van der Waals surface area contributed by atoms with Crippen molar-refractivity contribution in [3.05, 3.63) is 29.3 Å². The van der Waals surface area contributed by atoms with Crippen molar-refractivity contribution in [2.24, 2.45) is 0 Å². The summed E-state index contributed by atoms with van der Waals surface area (Å²) in [5, 5.41) is 22.0. The molecule has 1 saturated heterocycles. The molecule has 1 aromatic carbocycles. The number of phenolic OH excluding ortho intramolecular Hbond substituents is 1. The zero-order valence-electron chi connectivity index (χ0n) is 10.6. The number of aliphatic carboxylic acids is 1. The summed E-state index contributed by atoms with van der Waals surface area (Å²) in [6.07, 6.45) is 0. The van der Waals surface area contributed by atoms with Crippen LogP contribution < -0.4 is 5.32 Å². The van der Waals surface area contributed by atoms with Crippen LogP contribution in [0.4, 0.5) is 0 Å². The van der Waals surface area contributed by atoms with E-state index in [1.807, 2.05) is 32.9 Å². The van der Waals surface area contributed by atoms with Crippen LogP contribution in [0.1, 0.15) is 30.3 Å². The summed E-state index contributed by atoms with van der Waals surface area (Å²) in [4.78, 5) is 11.2. The molecule has 1 aromatic rings. The Bertz CT molecular complexity index is 487. The maximum atomic E-state index is 11.2. The highest BCUT2D eigenvalue weighted by atomic mass is 32.2. The van der Waals surface area contributed by atoms with Crippen molar-refractivity contribution in [3.8, 4) is 5.75 Å². The molecular weight excluding hydrogens is 250 g/mol. The summed E-state index contributed by atoms with van der Waals surface area (Å²) in [7, 11) is 0. The lowest BCUT2D eigenvalue weighted by Gasteiger charge is -2.20. The van der Waals surface area contributed by atoms with Gasteiger partial charge in [0.15, 0.2) is 0 Å². The summed E-state index contributed by atoms with van der Waals surface area (Å²) in [5.74, 6) is -0.658. The predicted octanol–water partition coefficient (Wildman–Crippen LogP) is 2.27. The molecule has 0 saturated carbocycles. The molecule has 0 radical (unpaired) electrons. The van der Waals surface area contributed by atoms with Gasteiger partial charge in [0.25, 0.3) is 0 Å². The largest absolute Gasteiger partial charge is 0.508 e. The summed E-state index contributed by atoms with van der Waals surface area (Å²) in [5.41, 5.74) is 1.79. The Balaban J connectivity index is 2.32. The summed E-state index contributed by atoms with van der Waals surface area (Å²) in [6, 6.07) is 4.75. The van der Waals surface area contributed by atoms with E-state index in [0.29, 0.717) is 0 Å². The quantitative estimate of drug-likeness (QED) is 0.767. The van der Waals surface area contributed by atoms with Crippen LogP contribution in [0, 0.1) is 6.92 Å².